The van der Waals surface area contributed by atoms with Crippen LogP contribution in [0.4, 0.5) is 10.1 Å². The molecule has 3 N–H and O–H groups in total. The third-order valence-electron chi connectivity index (χ3n) is 5.04. The number of carbonyl (C=O) groups is 2. The van der Waals surface area contributed by atoms with Crippen molar-refractivity contribution in [1.82, 2.24) is 5.32 Å². The lowest BCUT2D eigenvalue weighted by Gasteiger charge is -2.19. The molecule has 1 fully saturated rings. The Bertz CT molecular complexity index is 836. The summed E-state index contributed by atoms with van der Waals surface area (Å²) in [6.45, 7) is 2.66. The standard InChI is InChI=1S/C22H26FN3O2/c1-2-16-7-4-6-10-20(16)25-21(27)13-24-22(28)15-26(18-11-12-18)14-17-8-3-5-9-19(17)23/h3-10,18H,2,11-15H2,1H3,(H,24,28)(H,25,27)/p+1. The Morgan fingerprint density at radius 2 is 1.71 bits per heavy atom. The molecule has 5 nitrogen and oxygen atoms in total. The fourth-order valence-electron chi connectivity index (χ4n) is 3.32. The lowest BCUT2D eigenvalue weighted by molar-refractivity contribution is -0.917. The molecular formula is C22H27FN3O2+. The Morgan fingerprint density at radius 3 is 2.39 bits per heavy atom. The Kier molecular flexibility index (Phi) is 6.76. The SMILES string of the molecule is CCc1ccccc1NC(=O)CNC(=O)C[NH+](Cc1ccccc1F)C1CC1. The van der Waals surface area contributed by atoms with Crippen molar-refractivity contribution in [3.8, 4) is 0 Å². The highest BCUT2D eigenvalue weighted by Crippen LogP contribution is 2.16. The van der Waals surface area contributed by atoms with E-state index in [1.54, 1.807) is 12.1 Å². The van der Waals surface area contributed by atoms with Gasteiger partial charge in [-0.3, -0.25) is 9.59 Å². The van der Waals surface area contributed by atoms with Crippen molar-refractivity contribution in [2.45, 2.75) is 38.8 Å². The van der Waals surface area contributed by atoms with Crippen LogP contribution < -0.4 is 15.5 Å². The molecule has 0 aromatic heterocycles. The molecule has 28 heavy (non-hydrogen) atoms. The molecule has 0 saturated heterocycles. The summed E-state index contributed by atoms with van der Waals surface area (Å²) in [6, 6.07) is 14.7. The number of carbonyl (C=O) groups excluding carboxylic acids is 2. The van der Waals surface area contributed by atoms with Gasteiger partial charge in [-0.05, 0) is 24.1 Å². The number of anilines is 1. The molecule has 2 amide bonds. The highest BCUT2D eigenvalue weighted by atomic mass is 19.1. The van der Waals surface area contributed by atoms with Crippen molar-refractivity contribution in [2.24, 2.45) is 0 Å². The van der Waals surface area contributed by atoms with Crippen LogP contribution in [0, 0.1) is 5.82 Å². The molecule has 0 heterocycles. The zero-order valence-electron chi connectivity index (χ0n) is 16.1. The van der Waals surface area contributed by atoms with E-state index in [9.17, 15) is 14.0 Å². The molecule has 0 spiro atoms. The number of hydrogen-bond acceptors (Lipinski definition) is 2. The van der Waals surface area contributed by atoms with E-state index in [0.29, 0.717) is 18.2 Å². The van der Waals surface area contributed by atoms with Gasteiger partial charge in [0.2, 0.25) is 5.91 Å². The van der Waals surface area contributed by atoms with Crippen LogP contribution >= 0.6 is 0 Å². The predicted molar refractivity (Wildman–Crippen MR) is 106 cm³/mol. The van der Waals surface area contributed by atoms with Crippen LogP contribution in [0.25, 0.3) is 0 Å². The van der Waals surface area contributed by atoms with E-state index in [-0.39, 0.29) is 30.7 Å². The van der Waals surface area contributed by atoms with Gasteiger partial charge in [0.25, 0.3) is 5.91 Å². The van der Waals surface area contributed by atoms with Gasteiger partial charge < -0.3 is 15.5 Å². The second-order valence-corrected chi connectivity index (χ2v) is 7.21. The van der Waals surface area contributed by atoms with Crippen LogP contribution in [0.1, 0.15) is 30.9 Å². The minimum Gasteiger partial charge on any atom is -0.342 e. The number of para-hydroxylation sites is 1. The summed E-state index contributed by atoms with van der Waals surface area (Å²) >= 11 is 0. The van der Waals surface area contributed by atoms with Crippen molar-refractivity contribution >= 4 is 17.5 Å². The molecule has 1 aliphatic rings. The van der Waals surface area contributed by atoms with Gasteiger partial charge >= 0.3 is 0 Å². The number of rotatable bonds is 9. The third kappa shape index (κ3) is 5.63. The van der Waals surface area contributed by atoms with E-state index in [4.69, 9.17) is 0 Å². The molecule has 1 saturated carbocycles. The summed E-state index contributed by atoms with van der Waals surface area (Å²) < 4.78 is 13.9. The average molecular weight is 384 g/mol. The first-order valence-electron chi connectivity index (χ1n) is 9.79. The van der Waals surface area contributed by atoms with E-state index in [1.165, 1.54) is 6.07 Å². The summed E-state index contributed by atoms with van der Waals surface area (Å²) in [5, 5.41) is 5.53. The van der Waals surface area contributed by atoms with Crippen LogP contribution in [-0.2, 0) is 22.6 Å². The van der Waals surface area contributed by atoms with Gasteiger partial charge in [0.05, 0.1) is 12.6 Å². The minimum atomic E-state index is -0.253. The van der Waals surface area contributed by atoms with Crippen LogP contribution in [0.15, 0.2) is 48.5 Å². The molecule has 0 radical (unpaired) electrons. The summed E-state index contributed by atoms with van der Waals surface area (Å²) in [6.07, 6.45) is 2.91. The van der Waals surface area contributed by atoms with Crippen LogP contribution in [0.3, 0.4) is 0 Å². The van der Waals surface area contributed by atoms with Crippen molar-refractivity contribution in [2.75, 3.05) is 18.4 Å². The fourth-order valence-corrected chi connectivity index (χ4v) is 3.32. The Labute approximate surface area is 164 Å². The Hall–Kier alpha value is -2.73. The van der Waals surface area contributed by atoms with E-state index in [1.807, 2.05) is 37.3 Å². The van der Waals surface area contributed by atoms with Crippen molar-refractivity contribution in [1.29, 1.82) is 0 Å². The monoisotopic (exact) mass is 384 g/mol. The first-order valence-corrected chi connectivity index (χ1v) is 9.79. The molecule has 1 unspecified atom stereocenters. The predicted octanol–water partition coefficient (Wildman–Crippen LogP) is 1.69. The number of halogens is 1. The largest absolute Gasteiger partial charge is 0.342 e. The first kappa shape index (κ1) is 20.0. The van der Waals surface area contributed by atoms with Crippen LogP contribution in [-0.4, -0.2) is 30.9 Å². The third-order valence-corrected chi connectivity index (χ3v) is 5.04. The maximum Gasteiger partial charge on any atom is 0.275 e. The zero-order valence-corrected chi connectivity index (χ0v) is 16.1. The molecule has 3 rings (SSSR count). The number of benzene rings is 2. The lowest BCUT2D eigenvalue weighted by Crippen LogP contribution is -3.13. The minimum absolute atomic E-state index is 0.0749. The molecule has 2 aromatic carbocycles. The van der Waals surface area contributed by atoms with Gasteiger partial charge in [0.1, 0.15) is 12.4 Å². The van der Waals surface area contributed by atoms with Crippen LogP contribution in [0.5, 0.6) is 0 Å². The van der Waals surface area contributed by atoms with Gasteiger partial charge in [0, 0.05) is 24.1 Å². The molecule has 1 atom stereocenters. The topological polar surface area (TPSA) is 62.6 Å². The zero-order chi connectivity index (χ0) is 19.9. The van der Waals surface area contributed by atoms with Gasteiger partial charge in [-0.2, -0.15) is 0 Å². The van der Waals surface area contributed by atoms with E-state index in [2.05, 4.69) is 10.6 Å². The number of nitrogens with one attached hydrogen (secondary N) is 3. The molecular weight excluding hydrogens is 357 g/mol. The summed E-state index contributed by atoms with van der Waals surface area (Å²) in [5.74, 6) is -0.691. The normalized spacial score (nSPS) is 14.4. The average Bonchev–Trinajstić information content (AvgIpc) is 3.53. The van der Waals surface area contributed by atoms with E-state index in [0.717, 1.165) is 35.4 Å². The summed E-state index contributed by atoms with van der Waals surface area (Å²) in [7, 11) is 0. The lowest BCUT2D eigenvalue weighted by atomic mass is 10.1. The number of aryl methyl sites for hydroxylation is 1. The highest BCUT2D eigenvalue weighted by Gasteiger charge is 2.35. The molecule has 2 aromatic rings. The second kappa shape index (κ2) is 9.46. The smallest absolute Gasteiger partial charge is 0.275 e. The van der Waals surface area contributed by atoms with E-state index < -0.39 is 0 Å². The van der Waals surface area contributed by atoms with Gasteiger partial charge in [-0.25, -0.2) is 4.39 Å². The van der Waals surface area contributed by atoms with E-state index >= 15 is 0 Å². The number of quaternary nitrogens is 1. The Morgan fingerprint density at radius 1 is 1.04 bits per heavy atom. The van der Waals surface area contributed by atoms with Gasteiger partial charge in [-0.1, -0.05) is 43.3 Å². The molecule has 1 aliphatic carbocycles. The summed E-state index contributed by atoms with van der Waals surface area (Å²) in [4.78, 5) is 25.5. The molecule has 0 aliphatic heterocycles. The fraction of sp³-hybridized carbons (Fsp3) is 0.364. The van der Waals surface area contributed by atoms with Crippen molar-refractivity contribution < 1.29 is 18.9 Å². The molecule has 6 heteroatoms. The van der Waals surface area contributed by atoms with Crippen LogP contribution in [0.2, 0.25) is 0 Å². The van der Waals surface area contributed by atoms with Crippen molar-refractivity contribution in [3.63, 3.8) is 0 Å². The number of amides is 2. The van der Waals surface area contributed by atoms with Crippen molar-refractivity contribution in [3.05, 3.63) is 65.5 Å². The first-order chi connectivity index (χ1) is 13.6. The second-order valence-electron chi connectivity index (χ2n) is 7.21. The number of hydrogen-bond donors (Lipinski definition) is 3. The quantitative estimate of drug-likeness (QED) is 0.616. The summed E-state index contributed by atoms with van der Waals surface area (Å²) in [5.41, 5.74) is 2.44. The Balaban J connectivity index is 1.49. The highest BCUT2D eigenvalue weighted by molar-refractivity contribution is 5.95. The molecule has 148 valence electrons. The maximum atomic E-state index is 13.9. The van der Waals surface area contributed by atoms with Gasteiger partial charge in [0.15, 0.2) is 6.54 Å². The maximum absolute atomic E-state index is 13.9. The molecule has 0 bridgehead atoms. The van der Waals surface area contributed by atoms with Gasteiger partial charge in [-0.15, -0.1) is 0 Å².